The van der Waals surface area contributed by atoms with Crippen LogP contribution in [0.25, 0.3) is 0 Å². The van der Waals surface area contributed by atoms with Gasteiger partial charge >= 0.3 is 6.18 Å². The lowest BCUT2D eigenvalue weighted by Crippen LogP contribution is -2.46. The Balaban J connectivity index is 2.58. The SMILES string of the molecule is CC(C)C[C@H](N)C(=O)N(C)CC(O)COc1ccccc1C(F)(F)F. The molecule has 0 aliphatic heterocycles. The molecule has 1 amide bonds. The summed E-state index contributed by atoms with van der Waals surface area (Å²) >= 11 is 0. The van der Waals surface area contributed by atoms with E-state index in [1.807, 2.05) is 13.8 Å². The number of nitrogens with two attached hydrogens (primary N) is 1. The molecule has 0 bridgehead atoms. The van der Waals surface area contributed by atoms with Crippen molar-refractivity contribution < 1.29 is 27.8 Å². The van der Waals surface area contributed by atoms with E-state index in [9.17, 15) is 23.1 Å². The lowest BCUT2D eigenvalue weighted by molar-refractivity contribution is -0.139. The Hall–Kier alpha value is -1.80. The first kappa shape index (κ1) is 21.2. The lowest BCUT2D eigenvalue weighted by Gasteiger charge is -2.25. The zero-order valence-electron chi connectivity index (χ0n) is 14.6. The van der Waals surface area contributed by atoms with E-state index in [1.165, 1.54) is 30.1 Å². The van der Waals surface area contributed by atoms with Crippen LogP contribution in [0.3, 0.4) is 0 Å². The highest BCUT2D eigenvalue weighted by Crippen LogP contribution is 2.35. The summed E-state index contributed by atoms with van der Waals surface area (Å²) in [5, 5.41) is 9.95. The molecule has 25 heavy (non-hydrogen) atoms. The van der Waals surface area contributed by atoms with Gasteiger partial charge in [-0.15, -0.1) is 0 Å². The Labute approximate surface area is 145 Å². The number of benzene rings is 1. The Morgan fingerprint density at radius 1 is 1.32 bits per heavy atom. The number of rotatable bonds is 8. The van der Waals surface area contributed by atoms with Gasteiger partial charge in [0.05, 0.1) is 11.6 Å². The van der Waals surface area contributed by atoms with Crippen molar-refractivity contribution in [1.29, 1.82) is 0 Å². The summed E-state index contributed by atoms with van der Waals surface area (Å²) in [5.74, 6) is -0.442. The number of amides is 1. The number of carbonyl (C=O) groups excluding carboxylic acids is 1. The molecule has 1 aromatic rings. The molecule has 1 aromatic carbocycles. The summed E-state index contributed by atoms with van der Waals surface area (Å²) in [4.78, 5) is 13.3. The minimum atomic E-state index is -4.54. The molecule has 0 aliphatic rings. The monoisotopic (exact) mass is 362 g/mol. The molecule has 0 aromatic heterocycles. The maximum Gasteiger partial charge on any atom is 0.419 e. The molecule has 0 aliphatic carbocycles. The van der Waals surface area contributed by atoms with Gasteiger partial charge < -0.3 is 20.5 Å². The van der Waals surface area contributed by atoms with Crippen LogP contribution in [0, 0.1) is 5.92 Å². The number of aliphatic hydroxyl groups excluding tert-OH is 1. The van der Waals surface area contributed by atoms with Gasteiger partial charge in [0.15, 0.2) is 0 Å². The van der Waals surface area contributed by atoms with Crippen molar-refractivity contribution in [1.82, 2.24) is 4.90 Å². The largest absolute Gasteiger partial charge is 0.490 e. The standard InChI is InChI=1S/C17H25F3N2O3/c1-11(2)8-14(21)16(24)22(3)9-12(23)10-25-15-7-5-4-6-13(15)17(18,19)20/h4-7,11-12,14,23H,8-10,21H2,1-3H3/t12?,14-/m0/s1. The number of para-hydroxylation sites is 1. The zero-order valence-corrected chi connectivity index (χ0v) is 14.6. The van der Waals surface area contributed by atoms with Crippen LogP contribution in [0.15, 0.2) is 24.3 Å². The first-order chi connectivity index (χ1) is 11.5. The molecule has 1 unspecified atom stereocenters. The maximum absolute atomic E-state index is 12.9. The predicted octanol–water partition coefficient (Wildman–Crippen LogP) is 2.28. The summed E-state index contributed by atoms with van der Waals surface area (Å²) < 4.78 is 43.7. The number of halogens is 3. The van der Waals surface area contributed by atoms with Gasteiger partial charge in [0, 0.05) is 13.6 Å². The van der Waals surface area contributed by atoms with Crippen LogP contribution in [0.4, 0.5) is 13.2 Å². The van der Waals surface area contributed by atoms with Crippen molar-refractivity contribution in [3.05, 3.63) is 29.8 Å². The molecule has 0 saturated carbocycles. The topological polar surface area (TPSA) is 75.8 Å². The van der Waals surface area contributed by atoms with Gasteiger partial charge in [-0.1, -0.05) is 26.0 Å². The molecule has 8 heteroatoms. The predicted molar refractivity (Wildman–Crippen MR) is 88.0 cm³/mol. The van der Waals surface area contributed by atoms with Crippen LogP contribution in [0.1, 0.15) is 25.8 Å². The molecule has 0 radical (unpaired) electrons. The molecular weight excluding hydrogens is 337 g/mol. The number of nitrogens with zero attached hydrogens (tertiary/aromatic N) is 1. The van der Waals surface area contributed by atoms with Crippen LogP contribution in [-0.4, -0.2) is 48.3 Å². The molecule has 0 saturated heterocycles. The van der Waals surface area contributed by atoms with Crippen molar-refractivity contribution in [2.45, 2.75) is 38.6 Å². The van der Waals surface area contributed by atoms with Gasteiger partial charge in [-0.2, -0.15) is 13.2 Å². The van der Waals surface area contributed by atoms with E-state index in [-0.39, 0.29) is 30.7 Å². The normalized spacial score (nSPS) is 14.3. The lowest BCUT2D eigenvalue weighted by atomic mass is 10.0. The van der Waals surface area contributed by atoms with Crippen molar-refractivity contribution in [3.63, 3.8) is 0 Å². The Morgan fingerprint density at radius 2 is 1.92 bits per heavy atom. The van der Waals surface area contributed by atoms with Gasteiger partial charge in [-0.05, 0) is 24.5 Å². The molecule has 5 nitrogen and oxygen atoms in total. The highest BCUT2D eigenvalue weighted by atomic mass is 19.4. The number of ether oxygens (including phenoxy) is 1. The van der Waals surface area contributed by atoms with Crippen molar-refractivity contribution >= 4 is 5.91 Å². The maximum atomic E-state index is 12.9. The number of alkyl halides is 3. The van der Waals surface area contributed by atoms with E-state index in [0.717, 1.165) is 6.07 Å². The number of carbonyl (C=O) groups is 1. The fraction of sp³-hybridized carbons (Fsp3) is 0.588. The van der Waals surface area contributed by atoms with E-state index in [2.05, 4.69) is 0 Å². The average Bonchev–Trinajstić information content (AvgIpc) is 2.50. The molecule has 0 spiro atoms. The molecule has 0 fully saturated rings. The molecular formula is C17H25F3N2O3. The van der Waals surface area contributed by atoms with Gasteiger partial charge in [-0.3, -0.25) is 4.79 Å². The zero-order chi connectivity index (χ0) is 19.2. The number of hydrogen-bond donors (Lipinski definition) is 2. The molecule has 142 valence electrons. The minimum Gasteiger partial charge on any atom is -0.490 e. The van der Waals surface area contributed by atoms with Crippen LogP contribution in [0.2, 0.25) is 0 Å². The highest BCUT2D eigenvalue weighted by Gasteiger charge is 2.34. The third-order valence-electron chi connectivity index (χ3n) is 3.53. The Kier molecular flexibility index (Phi) is 7.69. The van der Waals surface area contributed by atoms with Gasteiger partial charge in [0.25, 0.3) is 0 Å². The van der Waals surface area contributed by atoms with E-state index in [4.69, 9.17) is 10.5 Å². The van der Waals surface area contributed by atoms with Gasteiger partial charge in [0.1, 0.15) is 18.5 Å². The van der Waals surface area contributed by atoms with E-state index >= 15 is 0 Å². The van der Waals surface area contributed by atoms with Crippen LogP contribution in [0.5, 0.6) is 5.75 Å². The van der Waals surface area contributed by atoms with E-state index < -0.39 is 23.9 Å². The van der Waals surface area contributed by atoms with Crippen LogP contribution >= 0.6 is 0 Å². The Bertz CT molecular complexity index is 564. The fourth-order valence-corrected chi connectivity index (χ4v) is 2.36. The summed E-state index contributed by atoms with van der Waals surface area (Å²) in [6.07, 6.45) is -5.17. The first-order valence-electron chi connectivity index (χ1n) is 8.00. The minimum absolute atomic E-state index is 0.0845. The second-order valence-corrected chi connectivity index (χ2v) is 6.41. The molecule has 3 N–H and O–H groups in total. The average molecular weight is 362 g/mol. The number of aliphatic hydroxyl groups is 1. The molecule has 1 rings (SSSR count). The second kappa shape index (κ2) is 9.05. The third kappa shape index (κ3) is 6.91. The van der Waals surface area contributed by atoms with Crippen molar-refractivity contribution in [2.24, 2.45) is 11.7 Å². The number of likely N-dealkylation sites (N-methyl/N-ethyl adjacent to an activating group) is 1. The van der Waals surface area contributed by atoms with Gasteiger partial charge in [0.2, 0.25) is 5.91 Å². The van der Waals surface area contributed by atoms with E-state index in [0.29, 0.717) is 6.42 Å². The van der Waals surface area contributed by atoms with Crippen molar-refractivity contribution in [2.75, 3.05) is 20.2 Å². The fourth-order valence-electron chi connectivity index (χ4n) is 2.36. The summed E-state index contributed by atoms with van der Waals surface area (Å²) in [5.41, 5.74) is 4.89. The Morgan fingerprint density at radius 3 is 2.48 bits per heavy atom. The number of hydrogen-bond acceptors (Lipinski definition) is 4. The summed E-state index contributed by atoms with van der Waals surface area (Å²) in [6.45, 7) is 3.42. The highest BCUT2D eigenvalue weighted by molar-refractivity contribution is 5.81. The molecule has 0 heterocycles. The summed E-state index contributed by atoms with van der Waals surface area (Å²) in [7, 11) is 1.48. The summed E-state index contributed by atoms with van der Waals surface area (Å²) in [6, 6.07) is 4.08. The first-order valence-corrected chi connectivity index (χ1v) is 8.00. The van der Waals surface area contributed by atoms with Crippen LogP contribution in [-0.2, 0) is 11.0 Å². The van der Waals surface area contributed by atoms with E-state index in [1.54, 1.807) is 0 Å². The smallest absolute Gasteiger partial charge is 0.419 e. The van der Waals surface area contributed by atoms with Crippen molar-refractivity contribution in [3.8, 4) is 5.75 Å². The van der Waals surface area contributed by atoms with Gasteiger partial charge in [-0.25, -0.2) is 0 Å². The molecule has 2 atom stereocenters. The second-order valence-electron chi connectivity index (χ2n) is 6.41. The van der Waals surface area contributed by atoms with Crippen LogP contribution < -0.4 is 10.5 Å². The quantitative estimate of drug-likeness (QED) is 0.744. The third-order valence-corrected chi connectivity index (χ3v) is 3.53.